The summed E-state index contributed by atoms with van der Waals surface area (Å²) in [5.74, 6) is 3.36. The first-order valence-corrected chi connectivity index (χ1v) is 20.1. The summed E-state index contributed by atoms with van der Waals surface area (Å²) in [6.07, 6.45) is 14.9. The molecule has 4 heterocycles. The Morgan fingerprint density at radius 2 is 1.29 bits per heavy atom. The fourth-order valence-corrected chi connectivity index (χ4v) is 12.4. The highest BCUT2D eigenvalue weighted by atomic mass is 32.2. The summed E-state index contributed by atoms with van der Waals surface area (Å²) in [6.45, 7) is 14.3. The van der Waals surface area contributed by atoms with Gasteiger partial charge in [0.15, 0.2) is 0 Å². The summed E-state index contributed by atoms with van der Waals surface area (Å²) in [5, 5.41) is 5.26. The highest BCUT2D eigenvalue weighted by molar-refractivity contribution is 8.00. The summed E-state index contributed by atoms with van der Waals surface area (Å²) in [7, 11) is 0. The first-order chi connectivity index (χ1) is 20.3. The number of aryl methyl sites for hydroxylation is 1. The van der Waals surface area contributed by atoms with Gasteiger partial charge < -0.3 is 0 Å². The Kier molecular flexibility index (Phi) is 9.95. The SMILES string of the molecule is CC(C)CCCC(C)CCc1cc2c(ccc3c2sc2c4ccc5c(c4sc32)CC(CCC(C)CCCC(C)C)S5)s1. The second-order valence-electron chi connectivity index (χ2n) is 14.3. The summed E-state index contributed by atoms with van der Waals surface area (Å²) >= 11 is 8.34. The number of hydrogen-bond donors (Lipinski definition) is 0. The summed E-state index contributed by atoms with van der Waals surface area (Å²) in [6, 6.07) is 12.3. The van der Waals surface area contributed by atoms with Gasteiger partial charge in [-0.15, -0.1) is 45.8 Å². The van der Waals surface area contributed by atoms with Crippen LogP contribution < -0.4 is 0 Å². The molecule has 5 aromatic rings. The third kappa shape index (κ3) is 6.77. The molecule has 0 spiro atoms. The maximum absolute atomic E-state index is 2.54. The number of hydrogen-bond acceptors (Lipinski definition) is 4. The molecular weight excluding hydrogens is 585 g/mol. The van der Waals surface area contributed by atoms with Gasteiger partial charge in [-0.05, 0) is 79.5 Å². The summed E-state index contributed by atoms with van der Waals surface area (Å²) in [5.41, 5.74) is 1.65. The lowest BCUT2D eigenvalue weighted by molar-refractivity contribution is 0.425. The van der Waals surface area contributed by atoms with Crippen molar-refractivity contribution in [2.24, 2.45) is 23.7 Å². The molecule has 0 N–H and O–H groups in total. The van der Waals surface area contributed by atoms with Crippen LogP contribution in [0, 0.1) is 23.7 Å². The zero-order chi connectivity index (χ0) is 29.4. The molecule has 2 aromatic carbocycles. The predicted molar refractivity (Wildman–Crippen MR) is 197 cm³/mol. The van der Waals surface area contributed by atoms with Crippen molar-refractivity contribution in [1.82, 2.24) is 0 Å². The monoisotopic (exact) mass is 634 g/mol. The van der Waals surface area contributed by atoms with Gasteiger partial charge in [0.2, 0.25) is 0 Å². The van der Waals surface area contributed by atoms with Gasteiger partial charge in [-0.1, -0.05) is 92.2 Å². The van der Waals surface area contributed by atoms with Crippen molar-refractivity contribution in [3.63, 3.8) is 0 Å². The minimum absolute atomic E-state index is 0.761. The van der Waals surface area contributed by atoms with Crippen molar-refractivity contribution in [3.8, 4) is 0 Å². The molecule has 1 aliphatic rings. The van der Waals surface area contributed by atoms with Gasteiger partial charge in [-0.2, -0.15) is 0 Å². The van der Waals surface area contributed by atoms with Crippen LogP contribution in [-0.4, -0.2) is 5.25 Å². The van der Waals surface area contributed by atoms with Crippen molar-refractivity contribution < 1.29 is 0 Å². The first-order valence-electron chi connectivity index (χ1n) is 16.8. The van der Waals surface area contributed by atoms with Crippen LogP contribution >= 0.6 is 45.8 Å². The van der Waals surface area contributed by atoms with Gasteiger partial charge in [0, 0.05) is 45.3 Å². The molecule has 3 aromatic heterocycles. The van der Waals surface area contributed by atoms with Crippen molar-refractivity contribution >= 4 is 85.4 Å². The largest absolute Gasteiger partial charge is 0.140 e. The van der Waals surface area contributed by atoms with Gasteiger partial charge in [0.25, 0.3) is 0 Å². The highest BCUT2D eigenvalue weighted by Crippen LogP contribution is 2.51. The maximum Gasteiger partial charge on any atom is 0.0542 e. The lowest BCUT2D eigenvalue weighted by Crippen LogP contribution is -2.05. The number of benzene rings is 2. The van der Waals surface area contributed by atoms with Crippen LogP contribution in [0.15, 0.2) is 35.2 Å². The van der Waals surface area contributed by atoms with Crippen LogP contribution in [0.4, 0.5) is 0 Å². The van der Waals surface area contributed by atoms with Crippen molar-refractivity contribution in [3.05, 3.63) is 40.8 Å². The van der Waals surface area contributed by atoms with E-state index < -0.39 is 0 Å². The number of fused-ring (bicyclic) bond motifs is 9. The molecular formula is C38H50S4. The van der Waals surface area contributed by atoms with Crippen LogP contribution in [0.2, 0.25) is 0 Å². The lowest BCUT2D eigenvalue weighted by Gasteiger charge is -2.14. The molecule has 0 fully saturated rings. The van der Waals surface area contributed by atoms with Crippen molar-refractivity contribution in [2.75, 3.05) is 0 Å². The first kappa shape index (κ1) is 30.9. The number of thiophene rings is 3. The third-order valence-electron chi connectivity index (χ3n) is 9.57. The Morgan fingerprint density at radius 3 is 2.00 bits per heavy atom. The number of rotatable bonds is 14. The molecule has 42 heavy (non-hydrogen) atoms. The third-order valence-corrected chi connectivity index (χ3v) is 14.8. The molecule has 0 radical (unpaired) electrons. The zero-order valence-electron chi connectivity index (χ0n) is 26.7. The zero-order valence-corrected chi connectivity index (χ0v) is 30.0. The predicted octanol–water partition coefficient (Wildman–Crippen LogP) is 14.1. The van der Waals surface area contributed by atoms with Crippen LogP contribution in [0.5, 0.6) is 0 Å². The normalized spacial score (nSPS) is 17.1. The minimum atomic E-state index is 0.761. The van der Waals surface area contributed by atoms with E-state index in [1.54, 1.807) is 20.0 Å². The number of thioether (sulfide) groups is 1. The molecule has 3 unspecified atom stereocenters. The quantitative estimate of drug-likeness (QED) is 0.117. The Morgan fingerprint density at radius 1 is 0.643 bits per heavy atom. The molecule has 0 bridgehead atoms. The highest BCUT2D eigenvalue weighted by Gasteiger charge is 2.27. The second kappa shape index (κ2) is 13.5. The molecule has 226 valence electrons. The van der Waals surface area contributed by atoms with Crippen molar-refractivity contribution in [1.29, 1.82) is 0 Å². The second-order valence-corrected chi connectivity index (χ2v) is 18.8. The topological polar surface area (TPSA) is 0 Å². The molecule has 0 nitrogen and oxygen atoms in total. The lowest BCUT2D eigenvalue weighted by atomic mass is 9.94. The summed E-state index contributed by atoms with van der Waals surface area (Å²) in [4.78, 5) is 3.13. The van der Waals surface area contributed by atoms with Gasteiger partial charge in [0.1, 0.15) is 0 Å². The van der Waals surface area contributed by atoms with Gasteiger partial charge in [-0.3, -0.25) is 0 Å². The smallest absolute Gasteiger partial charge is 0.0542 e. The van der Waals surface area contributed by atoms with E-state index in [1.807, 2.05) is 11.3 Å². The van der Waals surface area contributed by atoms with Crippen molar-refractivity contribution in [2.45, 2.75) is 122 Å². The fraction of sp³-hybridized carbons (Fsp3) is 0.579. The molecule has 0 amide bonds. The molecule has 1 aliphatic heterocycles. The molecule has 0 saturated heterocycles. The summed E-state index contributed by atoms with van der Waals surface area (Å²) < 4.78 is 7.62. The standard InChI is InChI=1S/C38H50S4/c1-23(2)9-7-11-25(5)13-15-27-21-31-33(39-27)19-17-29-35(31)41-38-30-18-20-34-32(36(30)42-37(29)38)22-28(40-34)16-14-26(6)12-8-10-24(3)4/h17-21,23-26,28H,7-16,22H2,1-6H3. The van der Waals surface area contributed by atoms with Crippen LogP contribution in [0.25, 0.3) is 39.7 Å². The van der Waals surface area contributed by atoms with E-state index in [0.29, 0.717) is 0 Å². The fourth-order valence-electron chi connectivity index (χ4n) is 6.92. The van der Waals surface area contributed by atoms with Gasteiger partial charge in [-0.25, -0.2) is 0 Å². The van der Waals surface area contributed by atoms with E-state index in [2.05, 4.69) is 106 Å². The van der Waals surface area contributed by atoms with E-state index in [1.165, 1.54) is 106 Å². The molecule has 0 aliphatic carbocycles. The Bertz CT molecular complexity index is 1640. The average Bonchev–Trinajstić information content (AvgIpc) is 3.70. The van der Waals surface area contributed by atoms with Crippen LogP contribution in [-0.2, 0) is 12.8 Å². The Labute approximate surface area is 270 Å². The molecule has 3 atom stereocenters. The minimum Gasteiger partial charge on any atom is -0.140 e. The van der Waals surface area contributed by atoms with Gasteiger partial charge >= 0.3 is 0 Å². The van der Waals surface area contributed by atoms with E-state index in [-0.39, 0.29) is 0 Å². The maximum atomic E-state index is 2.54. The van der Waals surface area contributed by atoms with Crippen LogP contribution in [0.3, 0.4) is 0 Å². The molecule has 6 rings (SSSR count). The van der Waals surface area contributed by atoms with E-state index >= 15 is 0 Å². The van der Waals surface area contributed by atoms with E-state index in [9.17, 15) is 0 Å². The van der Waals surface area contributed by atoms with Crippen LogP contribution in [0.1, 0.15) is 110 Å². The van der Waals surface area contributed by atoms with E-state index in [4.69, 9.17) is 0 Å². The Hall–Kier alpha value is -1.07. The van der Waals surface area contributed by atoms with E-state index in [0.717, 1.165) is 28.9 Å². The Balaban J connectivity index is 1.17. The molecule has 4 heteroatoms. The average molecular weight is 635 g/mol. The van der Waals surface area contributed by atoms with Gasteiger partial charge in [0.05, 0.1) is 9.40 Å². The molecule has 0 saturated carbocycles.